The third kappa shape index (κ3) is 6.92. The maximum atomic E-state index is 13.1. The second-order valence-electron chi connectivity index (χ2n) is 6.80. The fraction of sp³-hybridized carbons (Fsp3) is 0.348. The monoisotopic (exact) mass is 411 g/mol. The minimum Gasteiger partial charge on any atom is -0.462 e. The quantitative estimate of drug-likeness (QED) is 0.574. The Hall–Kier alpha value is -3.35. The van der Waals surface area contributed by atoms with Crippen LogP contribution in [0.1, 0.15) is 36.2 Å². The lowest BCUT2D eigenvalue weighted by atomic mass is 10.1. The first kappa shape index (κ1) is 22.9. The molecule has 7 heteroatoms. The minimum atomic E-state index is -0.449. The van der Waals surface area contributed by atoms with Crippen LogP contribution in [-0.4, -0.2) is 48.9 Å². The van der Waals surface area contributed by atoms with Crippen LogP contribution in [0.2, 0.25) is 0 Å². The molecule has 0 aromatic heterocycles. The standard InChI is InChI=1S/C23H29N3O4/c1-3-25(20-12-8-11-19(15-20)23(29)30-4-2)17-22(28)26(14-13-21(24)27)16-18-9-6-5-7-10-18/h5-12,15H,3-4,13-14,16-17H2,1-2H3,(H2,24,27). The molecular weight excluding hydrogens is 382 g/mol. The highest BCUT2D eigenvalue weighted by Crippen LogP contribution is 2.18. The number of nitrogens with two attached hydrogens (primary N) is 1. The number of ether oxygens (including phenoxy) is 1. The van der Waals surface area contributed by atoms with Crippen LogP contribution in [-0.2, 0) is 20.9 Å². The zero-order valence-electron chi connectivity index (χ0n) is 17.5. The molecule has 0 unspecified atom stereocenters. The molecule has 2 aromatic rings. The normalized spacial score (nSPS) is 10.3. The molecular formula is C23H29N3O4. The van der Waals surface area contributed by atoms with E-state index in [4.69, 9.17) is 10.5 Å². The third-order valence-electron chi connectivity index (χ3n) is 4.63. The summed E-state index contributed by atoms with van der Waals surface area (Å²) in [6.07, 6.45) is 0.100. The molecule has 0 spiro atoms. The van der Waals surface area contributed by atoms with Gasteiger partial charge in [0.1, 0.15) is 0 Å². The lowest BCUT2D eigenvalue weighted by molar-refractivity contribution is -0.130. The van der Waals surface area contributed by atoms with Gasteiger partial charge in [0.2, 0.25) is 11.8 Å². The molecule has 160 valence electrons. The van der Waals surface area contributed by atoms with Crippen LogP contribution in [0.5, 0.6) is 0 Å². The van der Waals surface area contributed by atoms with Crippen LogP contribution >= 0.6 is 0 Å². The average molecular weight is 412 g/mol. The number of likely N-dealkylation sites (N-methyl/N-ethyl adjacent to an activating group) is 1. The molecule has 0 radical (unpaired) electrons. The number of hydrogen-bond acceptors (Lipinski definition) is 5. The lowest BCUT2D eigenvalue weighted by Gasteiger charge is -2.28. The second kappa shape index (κ2) is 11.6. The Labute approximate surface area is 177 Å². The minimum absolute atomic E-state index is 0.100. The van der Waals surface area contributed by atoms with Gasteiger partial charge in [-0.1, -0.05) is 36.4 Å². The molecule has 2 amide bonds. The van der Waals surface area contributed by atoms with E-state index in [1.54, 1.807) is 30.0 Å². The van der Waals surface area contributed by atoms with Gasteiger partial charge >= 0.3 is 5.97 Å². The van der Waals surface area contributed by atoms with Crippen molar-refractivity contribution in [1.29, 1.82) is 0 Å². The van der Waals surface area contributed by atoms with Crippen molar-refractivity contribution in [2.45, 2.75) is 26.8 Å². The molecule has 0 saturated heterocycles. The molecule has 30 heavy (non-hydrogen) atoms. The third-order valence-corrected chi connectivity index (χ3v) is 4.63. The number of amides is 2. The van der Waals surface area contributed by atoms with Gasteiger partial charge in [-0.15, -0.1) is 0 Å². The maximum absolute atomic E-state index is 13.1. The highest BCUT2D eigenvalue weighted by atomic mass is 16.5. The number of rotatable bonds is 11. The highest BCUT2D eigenvalue weighted by Gasteiger charge is 2.19. The van der Waals surface area contributed by atoms with Crippen molar-refractivity contribution < 1.29 is 19.1 Å². The number of primary amides is 1. The molecule has 0 aliphatic rings. The van der Waals surface area contributed by atoms with Crippen LogP contribution in [0.25, 0.3) is 0 Å². The van der Waals surface area contributed by atoms with Crippen molar-refractivity contribution in [2.24, 2.45) is 5.73 Å². The Morgan fingerprint density at radius 2 is 1.73 bits per heavy atom. The molecule has 0 saturated carbocycles. The van der Waals surface area contributed by atoms with Gasteiger partial charge in [-0.2, -0.15) is 0 Å². The number of hydrogen-bond donors (Lipinski definition) is 1. The summed E-state index contributed by atoms with van der Waals surface area (Å²) in [5.74, 6) is -0.965. The Bertz CT molecular complexity index is 855. The Morgan fingerprint density at radius 1 is 1.00 bits per heavy atom. The van der Waals surface area contributed by atoms with E-state index < -0.39 is 11.9 Å². The van der Waals surface area contributed by atoms with Crippen LogP contribution < -0.4 is 10.6 Å². The molecule has 2 rings (SSSR count). The van der Waals surface area contributed by atoms with Gasteiger partial charge in [-0.25, -0.2) is 4.79 Å². The summed E-state index contributed by atoms with van der Waals surface area (Å²) in [5.41, 5.74) is 7.46. The molecule has 0 atom stereocenters. The Balaban J connectivity index is 2.15. The number of carbonyl (C=O) groups is 3. The van der Waals surface area contributed by atoms with Crippen LogP contribution in [0, 0.1) is 0 Å². The van der Waals surface area contributed by atoms with E-state index in [0.717, 1.165) is 11.3 Å². The maximum Gasteiger partial charge on any atom is 0.338 e. The van der Waals surface area contributed by atoms with E-state index in [0.29, 0.717) is 25.3 Å². The smallest absolute Gasteiger partial charge is 0.338 e. The van der Waals surface area contributed by atoms with E-state index >= 15 is 0 Å². The summed E-state index contributed by atoms with van der Waals surface area (Å²) >= 11 is 0. The van der Waals surface area contributed by atoms with E-state index in [9.17, 15) is 14.4 Å². The van der Waals surface area contributed by atoms with Gasteiger partial charge in [0.15, 0.2) is 0 Å². The predicted octanol–water partition coefficient (Wildman–Crippen LogP) is 2.59. The van der Waals surface area contributed by atoms with Crippen LogP contribution in [0.3, 0.4) is 0 Å². The summed E-state index contributed by atoms with van der Waals surface area (Å²) in [4.78, 5) is 39.9. The predicted molar refractivity (Wildman–Crippen MR) is 116 cm³/mol. The second-order valence-corrected chi connectivity index (χ2v) is 6.80. The summed E-state index contributed by atoms with van der Waals surface area (Å²) in [6, 6.07) is 16.6. The topological polar surface area (TPSA) is 92.9 Å². The summed E-state index contributed by atoms with van der Waals surface area (Å²) in [5, 5.41) is 0. The molecule has 2 aromatic carbocycles. The van der Waals surface area contributed by atoms with Crippen molar-refractivity contribution in [3.8, 4) is 0 Å². The largest absolute Gasteiger partial charge is 0.462 e. The first-order valence-corrected chi connectivity index (χ1v) is 10.1. The molecule has 0 fully saturated rings. The summed E-state index contributed by atoms with van der Waals surface area (Å²) < 4.78 is 5.06. The van der Waals surface area contributed by atoms with Gasteiger partial charge in [0.25, 0.3) is 0 Å². The summed E-state index contributed by atoms with van der Waals surface area (Å²) in [6.45, 7) is 5.34. The molecule has 0 bridgehead atoms. The fourth-order valence-electron chi connectivity index (χ4n) is 3.03. The van der Waals surface area contributed by atoms with Gasteiger partial charge < -0.3 is 20.3 Å². The summed E-state index contributed by atoms with van der Waals surface area (Å²) in [7, 11) is 0. The Kier molecular flexibility index (Phi) is 8.87. The van der Waals surface area contributed by atoms with E-state index in [2.05, 4.69) is 0 Å². The molecule has 0 heterocycles. The van der Waals surface area contributed by atoms with Gasteiger partial charge in [-0.05, 0) is 37.6 Å². The van der Waals surface area contributed by atoms with Crippen molar-refractivity contribution >= 4 is 23.5 Å². The van der Waals surface area contributed by atoms with E-state index in [-0.39, 0.29) is 25.4 Å². The first-order valence-electron chi connectivity index (χ1n) is 10.1. The lowest BCUT2D eigenvalue weighted by Crippen LogP contribution is -2.41. The highest BCUT2D eigenvalue weighted by molar-refractivity contribution is 5.91. The number of carbonyl (C=O) groups excluding carboxylic acids is 3. The number of esters is 1. The van der Waals surface area contributed by atoms with Crippen molar-refractivity contribution in [1.82, 2.24) is 4.90 Å². The molecule has 0 aliphatic heterocycles. The zero-order valence-corrected chi connectivity index (χ0v) is 17.5. The van der Waals surface area contributed by atoms with Gasteiger partial charge in [0.05, 0.1) is 18.7 Å². The first-order chi connectivity index (χ1) is 14.4. The SMILES string of the molecule is CCOC(=O)c1cccc(N(CC)CC(=O)N(CCC(N)=O)Cc2ccccc2)c1. The fourth-order valence-corrected chi connectivity index (χ4v) is 3.03. The van der Waals surface area contributed by atoms with Crippen LogP contribution in [0.15, 0.2) is 54.6 Å². The van der Waals surface area contributed by atoms with E-state index in [1.807, 2.05) is 48.2 Å². The molecule has 2 N–H and O–H groups in total. The van der Waals surface area contributed by atoms with Crippen molar-refractivity contribution in [3.63, 3.8) is 0 Å². The van der Waals surface area contributed by atoms with Crippen molar-refractivity contribution in [3.05, 3.63) is 65.7 Å². The number of anilines is 1. The molecule has 0 aliphatic carbocycles. The number of nitrogens with zero attached hydrogens (tertiary/aromatic N) is 2. The Morgan fingerprint density at radius 3 is 2.37 bits per heavy atom. The van der Waals surface area contributed by atoms with Gasteiger partial charge in [0, 0.05) is 31.7 Å². The molecule has 7 nitrogen and oxygen atoms in total. The zero-order chi connectivity index (χ0) is 21.9. The van der Waals surface area contributed by atoms with Crippen LogP contribution in [0.4, 0.5) is 5.69 Å². The van der Waals surface area contributed by atoms with E-state index in [1.165, 1.54) is 0 Å². The number of benzene rings is 2. The van der Waals surface area contributed by atoms with Crippen molar-refractivity contribution in [2.75, 3.05) is 31.1 Å². The van der Waals surface area contributed by atoms with Gasteiger partial charge in [-0.3, -0.25) is 9.59 Å². The average Bonchev–Trinajstić information content (AvgIpc) is 2.75.